The highest BCUT2D eigenvalue weighted by molar-refractivity contribution is 5.82. The maximum Gasteiger partial charge on any atom is 0.330 e. The van der Waals surface area contributed by atoms with Crippen LogP contribution in [0.1, 0.15) is 65.7 Å². The monoisotopic (exact) mass is 624 g/mol. The molecule has 0 aromatic carbocycles. The fraction of sp³-hybridized carbons (Fsp3) is 0.788. The van der Waals surface area contributed by atoms with E-state index in [1.54, 1.807) is 13.0 Å². The number of fused-ring (bicyclic) bond motifs is 4. The molecule has 4 N–H and O–H groups in total. The van der Waals surface area contributed by atoms with Crippen molar-refractivity contribution in [2.45, 2.75) is 139 Å². The molecule has 4 bridgehead atoms. The quantitative estimate of drug-likeness (QED) is 0.341. The third kappa shape index (κ3) is 9.67. The van der Waals surface area contributed by atoms with Gasteiger partial charge < -0.3 is 48.8 Å². The molecule has 4 heterocycles. The topological polar surface area (TPSA) is 153 Å². The first kappa shape index (κ1) is 35.2. The average Bonchev–Trinajstić information content (AvgIpc) is 3.35. The molecule has 0 radical (unpaired) electrons. The van der Waals surface area contributed by atoms with Crippen LogP contribution in [0.5, 0.6) is 0 Å². The van der Waals surface area contributed by atoms with Crippen LogP contribution in [-0.4, -0.2) is 114 Å². The van der Waals surface area contributed by atoms with Gasteiger partial charge in [-0.3, -0.25) is 0 Å². The second-order valence-corrected chi connectivity index (χ2v) is 12.9. The molecule has 14 atom stereocenters. The summed E-state index contributed by atoms with van der Waals surface area (Å²) in [7, 11) is 1.45. The van der Waals surface area contributed by atoms with Crippen LogP contribution in [0.15, 0.2) is 36.5 Å². The summed E-state index contributed by atoms with van der Waals surface area (Å²) < 4.78 is 35.7. The summed E-state index contributed by atoms with van der Waals surface area (Å²) in [6.07, 6.45) is 7.78. The van der Waals surface area contributed by atoms with Gasteiger partial charge in [0.15, 0.2) is 6.29 Å². The highest BCUT2D eigenvalue weighted by Gasteiger charge is 2.45. The molecule has 44 heavy (non-hydrogen) atoms. The number of carbonyl (C=O) groups is 1. The van der Waals surface area contributed by atoms with Crippen molar-refractivity contribution in [1.29, 1.82) is 0 Å². The molecule has 0 amide bonds. The highest BCUT2D eigenvalue weighted by Crippen LogP contribution is 2.33. The van der Waals surface area contributed by atoms with Crippen LogP contribution >= 0.6 is 0 Å². The molecule has 0 aromatic rings. The number of hydrogen-bond acceptors (Lipinski definition) is 11. The maximum absolute atomic E-state index is 12.6. The first-order valence-corrected chi connectivity index (χ1v) is 16.1. The SMILES string of the molecule is CO[C@H]1[C@H](O[C@@H]2C[C@@H]3C/C=C\C(=O)O[C@H](CO)C[C@H](O)[C@@H]4C[C@H](C)[C@H](C/C=C\C=C/[C@H](C)C[C@H](C2)O3)O4)O[C@@H](C)[C@H](O)[C@H]1O. The Balaban J connectivity index is 1.47. The minimum Gasteiger partial charge on any atom is -0.457 e. The number of hydrogen-bond donors (Lipinski definition) is 4. The normalized spacial score (nSPS) is 46.8. The van der Waals surface area contributed by atoms with E-state index < -0.39 is 55.5 Å². The smallest absolute Gasteiger partial charge is 0.330 e. The van der Waals surface area contributed by atoms with Crippen LogP contribution in [0.3, 0.4) is 0 Å². The van der Waals surface area contributed by atoms with Crippen LogP contribution in [0.4, 0.5) is 0 Å². The van der Waals surface area contributed by atoms with E-state index in [9.17, 15) is 25.2 Å². The van der Waals surface area contributed by atoms with E-state index >= 15 is 0 Å². The third-order valence-corrected chi connectivity index (χ3v) is 9.17. The Hall–Kier alpha value is -1.67. The highest BCUT2D eigenvalue weighted by atomic mass is 16.7. The number of rotatable bonds is 4. The third-order valence-electron chi connectivity index (χ3n) is 9.17. The summed E-state index contributed by atoms with van der Waals surface area (Å²) >= 11 is 0. The van der Waals surface area contributed by atoms with Gasteiger partial charge in [-0.25, -0.2) is 4.79 Å². The van der Waals surface area contributed by atoms with Crippen molar-refractivity contribution in [3.63, 3.8) is 0 Å². The largest absolute Gasteiger partial charge is 0.457 e. The Labute approximate surface area is 260 Å². The molecular weight excluding hydrogens is 572 g/mol. The standard InChI is InChI=1S/C33H52O11/c1-19-9-6-5-7-11-27-20(2)14-28(44-27)26(35)17-25(18-34)42-29(36)12-8-10-22-15-24(16-23(13-19)41-22)43-33-32(39-4)31(38)30(37)21(3)40-33/h5-9,12,19-28,30-35,37-38H,10-11,13-18H2,1-4H3/b7-5-,9-6-,12-8-/t19-,20-,21-,22-,23+,24+,25-,26-,27-,28-,30-,31+,32+,33-/m0/s1. The fourth-order valence-electron chi connectivity index (χ4n) is 6.64. The molecule has 4 aliphatic heterocycles. The van der Waals surface area contributed by atoms with Crippen molar-refractivity contribution >= 4 is 5.97 Å². The van der Waals surface area contributed by atoms with E-state index in [0.29, 0.717) is 25.7 Å². The number of cyclic esters (lactones) is 1. The maximum atomic E-state index is 12.6. The van der Waals surface area contributed by atoms with Gasteiger partial charge in [-0.2, -0.15) is 0 Å². The molecule has 0 unspecified atom stereocenters. The Morgan fingerprint density at radius 2 is 1.64 bits per heavy atom. The molecule has 11 heteroatoms. The van der Waals surface area contributed by atoms with Crippen molar-refractivity contribution in [2.24, 2.45) is 11.8 Å². The Morgan fingerprint density at radius 3 is 2.39 bits per heavy atom. The molecule has 4 aliphatic rings. The van der Waals surface area contributed by atoms with Crippen molar-refractivity contribution < 1.29 is 53.6 Å². The van der Waals surface area contributed by atoms with Gasteiger partial charge >= 0.3 is 5.97 Å². The predicted molar refractivity (Wildman–Crippen MR) is 160 cm³/mol. The molecular formula is C33H52O11. The second kappa shape index (κ2) is 16.8. The van der Waals surface area contributed by atoms with Crippen molar-refractivity contribution in [3.05, 3.63) is 36.5 Å². The van der Waals surface area contributed by atoms with Gasteiger partial charge in [0.25, 0.3) is 0 Å². The van der Waals surface area contributed by atoms with Gasteiger partial charge in [-0.15, -0.1) is 0 Å². The lowest BCUT2D eigenvalue weighted by atomic mass is 9.92. The lowest BCUT2D eigenvalue weighted by Crippen LogP contribution is -2.59. The van der Waals surface area contributed by atoms with Gasteiger partial charge in [-0.05, 0) is 44.4 Å². The summed E-state index contributed by atoms with van der Waals surface area (Å²) in [6.45, 7) is 5.52. The lowest BCUT2D eigenvalue weighted by molar-refractivity contribution is -0.315. The summed E-state index contributed by atoms with van der Waals surface area (Å²) in [5.74, 6) is -0.126. The van der Waals surface area contributed by atoms with E-state index in [-0.39, 0.29) is 48.8 Å². The average molecular weight is 625 g/mol. The first-order chi connectivity index (χ1) is 21.1. The fourth-order valence-corrected chi connectivity index (χ4v) is 6.64. The Bertz CT molecular complexity index is 985. The van der Waals surface area contributed by atoms with Crippen LogP contribution in [0.2, 0.25) is 0 Å². The summed E-state index contributed by atoms with van der Waals surface area (Å²) in [5.41, 5.74) is 0. The van der Waals surface area contributed by atoms with Gasteiger partial charge in [0, 0.05) is 32.4 Å². The molecule has 250 valence electrons. The van der Waals surface area contributed by atoms with Crippen LogP contribution in [-0.2, 0) is 33.2 Å². The number of carbonyl (C=O) groups excluding carboxylic acids is 1. The summed E-state index contributed by atoms with van der Waals surface area (Å²) in [4.78, 5) is 12.6. The van der Waals surface area contributed by atoms with Gasteiger partial charge in [0.1, 0.15) is 24.4 Å². The number of ether oxygens (including phenoxy) is 6. The second-order valence-electron chi connectivity index (χ2n) is 12.9. The minimum atomic E-state index is -1.15. The molecule has 3 fully saturated rings. The molecule has 0 aromatic heterocycles. The van der Waals surface area contributed by atoms with E-state index in [2.05, 4.69) is 26.0 Å². The molecule has 11 nitrogen and oxygen atoms in total. The molecule has 4 rings (SSSR count). The number of aliphatic hydroxyl groups excluding tert-OH is 4. The van der Waals surface area contributed by atoms with Crippen LogP contribution in [0.25, 0.3) is 0 Å². The van der Waals surface area contributed by atoms with Crippen molar-refractivity contribution in [2.75, 3.05) is 13.7 Å². The van der Waals surface area contributed by atoms with Gasteiger partial charge in [0.2, 0.25) is 0 Å². The van der Waals surface area contributed by atoms with E-state index in [0.717, 1.165) is 12.8 Å². The van der Waals surface area contributed by atoms with Gasteiger partial charge in [0.05, 0.1) is 49.3 Å². The Morgan fingerprint density at radius 1 is 0.864 bits per heavy atom. The molecule has 3 saturated heterocycles. The molecule has 0 aliphatic carbocycles. The predicted octanol–water partition coefficient (Wildman–Crippen LogP) is 2.34. The van der Waals surface area contributed by atoms with Crippen molar-refractivity contribution in [1.82, 2.24) is 0 Å². The zero-order valence-electron chi connectivity index (χ0n) is 26.4. The molecule has 0 spiro atoms. The zero-order valence-corrected chi connectivity index (χ0v) is 26.4. The lowest BCUT2D eigenvalue weighted by Gasteiger charge is -2.43. The number of allylic oxidation sites excluding steroid dienone is 3. The minimum absolute atomic E-state index is 0.0217. The number of methoxy groups -OCH3 is 1. The van der Waals surface area contributed by atoms with Crippen LogP contribution in [0, 0.1) is 11.8 Å². The van der Waals surface area contributed by atoms with E-state index in [4.69, 9.17) is 28.4 Å². The Kier molecular flexibility index (Phi) is 13.4. The van der Waals surface area contributed by atoms with Gasteiger partial charge in [-0.1, -0.05) is 44.2 Å². The molecule has 0 saturated carbocycles. The number of esters is 1. The van der Waals surface area contributed by atoms with Crippen LogP contribution < -0.4 is 0 Å². The summed E-state index contributed by atoms with van der Waals surface area (Å²) in [5, 5.41) is 41.4. The van der Waals surface area contributed by atoms with E-state index in [1.165, 1.54) is 13.2 Å². The summed E-state index contributed by atoms with van der Waals surface area (Å²) in [6, 6.07) is 0. The van der Waals surface area contributed by atoms with Crippen molar-refractivity contribution in [3.8, 4) is 0 Å². The van der Waals surface area contributed by atoms with E-state index in [1.807, 2.05) is 12.2 Å². The zero-order chi connectivity index (χ0) is 31.8. The first-order valence-electron chi connectivity index (χ1n) is 16.1. The number of aliphatic hydroxyl groups is 4.